The molecule has 0 spiro atoms. The van der Waals surface area contributed by atoms with Crippen LogP contribution < -0.4 is 0 Å². The zero-order valence-electron chi connectivity index (χ0n) is 12.0. The molecule has 3 nitrogen and oxygen atoms in total. The molecule has 1 aromatic carbocycles. The van der Waals surface area contributed by atoms with E-state index in [1.54, 1.807) is 0 Å². The number of hydrogen-bond donors (Lipinski definition) is 0. The molecule has 0 saturated heterocycles. The minimum atomic E-state index is 0.111. The minimum absolute atomic E-state index is 0.111. The summed E-state index contributed by atoms with van der Waals surface area (Å²) in [4.78, 5) is 20.8. The van der Waals surface area contributed by atoms with E-state index >= 15 is 0 Å². The van der Waals surface area contributed by atoms with Crippen molar-refractivity contribution in [2.24, 2.45) is 0 Å². The third-order valence-corrected chi connectivity index (χ3v) is 3.83. The fourth-order valence-corrected chi connectivity index (χ4v) is 2.74. The van der Waals surface area contributed by atoms with Gasteiger partial charge in [0.1, 0.15) is 0 Å². The number of thioether (sulfide) groups is 1. The highest BCUT2D eigenvalue weighted by atomic mass is 32.2. The van der Waals surface area contributed by atoms with Gasteiger partial charge in [-0.2, -0.15) is 0 Å². The van der Waals surface area contributed by atoms with Crippen LogP contribution in [-0.2, 0) is 6.42 Å². The van der Waals surface area contributed by atoms with Crippen molar-refractivity contribution in [3.63, 3.8) is 0 Å². The Morgan fingerprint density at radius 3 is 2.25 bits per heavy atom. The molecule has 2 aromatic rings. The summed E-state index contributed by atoms with van der Waals surface area (Å²) in [5.41, 5.74) is 3.85. The van der Waals surface area contributed by atoms with Gasteiger partial charge in [-0.3, -0.25) is 4.79 Å². The van der Waals surface area contributed by atoms with Crippen molar-refractivity contribution < 1.29 is 4.79 Å². The van der Waals surface area contributed by atoms with E-state index in [1.165, 1.54) is 17.3 Å². The van der Waals surface area contributed by atoms with Crippen LogP contribution >= 0.6 is 11.8 Å². The van der Waals surface area contributed by atoms with Crippen LogP contribution in [0.2, 0.25) is 0 Å². The summed E-state index contributed by atoms with van der Waals surface area (Å²) in [6.45, 7) is 5.97. The number of benzene rings is 1. The SMILES string of the molecule is CCc1ccc(C(=O)CSc2nc(C)cc(C)n2)cc1. The number of hydrogen-bond acceptors (Lipinski definition) is 4. The van der Waals surface area contributed by atoms with E-state index in [1.807, 2.05) is 44.2 Å². The largest absolute Gasteiger partial charge is 0.293 e. The molecule has 1 heterocycles. The van der Waals surface area contributed by atoms with Gasteiger partial charge in [-0.1, -0.05) is 43.0 Å². The Morgan fingerprint density at radius 1 is 1.10 bits per heavy atom. The quantitative estimate of drug-likeness (QED) is 0.478. The lowest BCUT2D eigenvalue weighted by atomic mass is 10.1. The standard InChI is InChI=1S/C16H18N2OS/c1-4-13-5-7-14(8-6-13)15(19)10-20-16-17-11(2)9-12(3)18-16/h5-9H,4,10H2,1-3H3. The van der Waals surface area contributed by atoms with E-state index in [-0.39, 0.29) is 5.78 Å². The molecule has 4 heteroatoms. The van der Waals surface area contributed by atoms with E-state index in [2.05, 4.69) is 16.9 Å². The molecule has 0 unspecified atom stereocenters. The van der Waals surface area contributed by atoms with Gasteiger partial charge in [0.15, 0.2) is 10.9 Å². The van der Waals surface area contributed by atoms with E-state index < -0.39 is 0 Å². The fourth-order valence-electron chi connectivity index (χ4n) is 1.90. The highest BCUT2D eigenvalue weighted by Crippen LogP contribution is 2.16. The fraction of sp³-hybridized carbons (Fsp3) is 0.312. The van der Waals surface area contributed by atoms with Crippen LogP contribution in [0, 0.1) is 13.8 Å². The van der Waals surface area contributed by atoms with Gasteiger partial charge in [0.25, 0.3) is 0 Å². The maximum absolute atomic E-state index is 12.1. The average Bonchev–Trinajstić information content (AvgIpc) is 2.44. The molecule has 0 bridgehead atoms. The number of aromatic nitrogens is 2. The van der Waals surface area contributed by atoms with Crippen LogP contribution in [0.25, 0.3) is 0 Å². The van der Waals surface area contributed by atoms with Crippen molar-refractivity contribution in [3.8, 4) is 0 Å². The molecule has 0 atom stereocenters. The predicted molar refractivity (Wildman–Crippen MR) is 82.4 cm³/mol. The van der Waals surface area contributed by atoms with Gasteiger partial charge in [0, 0.05) is 17.0 Å². The molecule has 0 aliphatic carbocycles. The lowest BCUT2D eigenvalue weighted by molar-refractivity contribution is 0.102. The Hall–Kier alpha value is -1.68. The topological polar surface area (TPSA) is 42.9 Å². The first-order chi connectivity index (χ1) is 9.58. The minimum Gasteiger partial charge on any atom is -0.293 e. The summed E-state index contributed by atoms with van der Waals surface area (Å²) < 4.78 is 0. The number of ketones is 1. The van der Waals surface area contributed by atoms with Gasteiger partial charge < -0.3 is 0 Å². The lowest BCUT2D eigenvalue weighted by Gasteiger charge is -2.04. The zero-order chi connectivity index (χ0) is 14.5. The first kappa shape index (κ1) is 14.7. The molecule has 0 aliphatic heterocycles. The molecule has 0 saturated carbocycles. The summed E-state index contributed by atoms with van der Waals surface area (Å²) in [6, 6.07) is 9.72. The molecular formula is C16H18N2OS. The Balaban J connectivity index is 2.00. The molecule has 1 aromatic heterocycles. The van der Waals surface area contributed by atoms with E-state index in [4.69, 9.17) is 0 Å². The van der Waals surface area contributed by atoms with Gasteiger partial charge in [0.05, 0.1) is 5.75 Å². The van der Waals surface area contributed by atoms with Gasteiger partial charge in [-0.15, -0.1) is 0 Å². The number of carbonyl (C=O) groups excluding carboxylic acids is 1. The smallest absolute Gasteiger partial charge is 0.188 e. The number of nitrogens with zero attached hydrogens (tertiary/aromatic N) is 2. The molecule has 0 amide bonds. The average molecular weight is 286 g/mol. The Bertz CT molecular complexity index is 588. The molecule has 20 heavy (non-hydrogen) atoms. The predicted octanol–water partition coefficient (Wildman–Crippen LogP) is 3.63. The Labute approximate surface area is 123 Å². The lowest BCUT2D eigenvalue weighted by Crippen LogP contribution is -2.04. The normalized spacial score (nSPS) is 10.6. The maximum Gasteiger partial charge on any atom is 0.188 e. The van der Waals surface area contributed by atoms with Gasteiger partial charge in [-0.05, 0) is 31.9 Å². The first-order valence-electron chi connectivity index (χ1n) is 6.65. The Kier molecular flexibility index (Phi) is 4.90. The molecule has 0 aliphatic rings. The monoisotopic (exact) mass is 286 g/mol. The summed E-state index contributed by atoms with van der Waals surface area (Å²) in [5.74, 6) is 0.481. The molecule has 104 valence electrons. The number of rotatable bonds is 5. The van der Waals surface area contributed by atoms with E-state index in [9.17, 15) is 4.79 Å². The number of Topliss-reactive ketones (excluding diaryl/α,β-unsaturated/α-hetero) is 1. The van der Waals surface area contributed by atoms with Crippen molar-refractivity contribution in [1.29, 1.82) is 0 Å². The number of aryl methyl sites for hydroxylation is 3. The van der Waals surface area contributed by atoms with Crippen molar-refractivity contribution in [3.05, 3.63) is 52.8 Å². The van der Waals surface area contributed by atoms with Crippen LogP contribution in [0.3, 0.4) is 0 Å². The zero-order valence-corrected chi connectivity index (χ0v) is 12.8. The number of carbonyl (C=O) groups is 1. The van der Waals surface area contributed by atoms with Gasteiger partial charge >= 0.3 is 0 Å². The first-order valence-corrected chi connectivity index (χ1v) is 7.64. The maximum atomic E-state index is 12.1. The summed E-state index contributed by atoms with van der Waals surface area (Å²) in [6.07, 6.45) is 0.986. The van der Waals surface area contributed by atoms with Gasteiger partial charge in [-0.25, -0.2) is 9.97 Å². The van der Waals surface area contributed by atoms with E-state index in [0.29, 0.717) is 10.9 Å². The van der Waals surface area contributed by atoms with E-state index in [0.717, 1.165) is 23.4 Å². The van der Waals surface area contributed by atoms with Crippen LogP contribution in [0.1, 0.15) is 34.2 Å². The molecule has 0 radical (unpaired) electrons. The van der Waals surface area contributed by atoms with Crippen LogP contribution in [-0.4, -0.2) is 21.5 Å². The summed E-state index contributed by atoms with van der Waals surface area (Å²) >= 11 is 1.39. The van der Waals surface area contributed by atoms with Crippen molar-refractivity contribution in [1.82, 2.24) is 9.97 Å². The second-order valence-corrected chi connectivity index (χ2v) is 5.64. The van der Waals surface area contributed by atoms with Crippen LogP contribution in [0.5, 0.6) is 0 Å². The van der Waals surface area contributed by atoms with Crippen LogP contribution in [0.4, 0.5) is 0 Å². The molecule has 0 fully saturated rings. The Morgan fingerprint density at radius 2 is 1.70 bits per heavy atom. The molecular weight excluding hydrogens is 268 g/mol. The van der Waals surface area contributed by atoms with Crippen LogP contribution in [0.15, 0.2) is 35.5 Å². The highest BCUT2D eigenvalue weighted by Gasteiger charge is 2.08. The summed E-state index contributed by atoms with van der Waals surface area (Å²) in [5, 5.41) is 0.668. The van der Waals surface area contributed by atoms with Crippen molar-refractivity contribution in [2.75, 3.05) is 5.75 Å². The second kappa shape index (κ2) is 6.66. The third kappa shape index (κ3) is 3.90. The van der Waals surface area contributed by atoms with Crippen molar-refractivity contribution in [2.45, 2.75) is 32.3 Å². The third-order valence-electron chi connectivity index (χ3n) is 2.98. The van der Waals surface area contributed by atoms with Gasteiger partial charge in [0.2, 0.25) is 0 Å². The second-order valence-electron chi connectivity index (χ2n) is 4.70. The highest BCUT2D eigenvalue weighted by molar-refractivity contribution is 7.99. The molecule has 0 N–H and O–H groups in total. The molecule has 2 rings (SSSR count). The van der Waals surface area contributed by atoms with Crippen molar-refractivity contribution >= 4 is 17.5 Å². The summed E-state index contributed by atoms with van der Waals surface area (Å²) in [7, 11) is 0.